The van der Waals surface area contributed by atoms with Gasteiger partial charge in [-0.2, -0.15) is 11.8 Å². The fourth-order valence-electron chi connectivity index (χ4n) is 2.44. The normalized spacial score (nSPS) is 34.7. The van der Waals surface area contributed by atoms with Crippen molar-refractivity contribution in [1.82, 2.24) is 25.5 Å². The van der Waals surface area contributed by atoms with Crippen molar-refractivity contribution in [1.29, 1.82) is 0 Å². The molecule has 2 aliphatic rings. The molecule has 16 heavy (non-hydrogen) atoms. The smallest absolute Gasteiger partial charge is 0.170 e. The van der Waals surface area contributed by atoms with Gasteiger partial charge in [0.05, 0.1) is 12.6 Å². The molecule has 2 aliphatic heterocycles. The summed E-state index contributed by atoms with van der Waals surface area (Å²) >= 11 is 1.94. The number of hydrogen-bond acceptors (Lipinski definition) is 6. The van der Waals surface area contributed by atoms with Crippen molar-refractivity contribution in [3.05, 3.63) is 5.82 Å². The molecular weight excluding hydrogens is 226 g/mol. The fraction of sp³-hybridized carbons (Fsp3) is 0.889. The molecule has 88 valence electrons. The van der Waals surface area contributed by atoms with Crippen LogP contribution >= 0.6 is 11.8 Å². The second-order valence-electron chi connectivity index (χ2n) is 4.26. The van der Waals surface area contributed by atoms with E-state index < -0.39 is 0 Å². The highest BCUT2D eigenvalue weighted by Gasteiger charge is 2.47. The van der Waals surface area contributed by atoms with Crippen molar-refractivity contribution in [2.24, 2.45) is 7.05 Å². The number of morpholine rings is 1. The molecule has 1 N–H and O–H groups in total. The number of nitrogens with one attached hydrogen (secondary N) is 1. The summed E-state index contributed by atoms with van der Waals surface area (Å²) in [5.74, 6) is 3.06. The van der Waals surface area contributed by atoms with Crippen LogP contribution in [0.5, 0.6) is 0 Å². The maximum absolute atomic E-state index is 6.03. The highest BCUT2D eigenvalue weighted by atomic mass is 32.2. The topological polar surface area (TPSA) is 64.9 Å². The van der Waals surface area contributed by atoms with Gasteiger partial charge in [-0.1, -0.05) is 0 Å². The van der Waals surface area contributed by atoms with Gasteiger partial charge in [-0.05, 0) is 22.6 Å². The Morgan fingerprint density at radius 3 is 3.25 bits per heavy atom. The molecule has 2 fully saturated rings. The molecule has 1 aromatic rings. The number of ether oxygens (including phenoxy) is 1. The van der Waals surface area contributed by atoms with Gasteiger partial charge in [0.25, 0.3) is 0 Å². The van der Waals surface area contributed by atoms with E-state index in [-0.39, 0.29) is 11.6 Å². The van der Waals surface area contributed by atoms with Crippen molar-refractivity contribution < 1.29 is 4.74 Å². The van der Waals surface area contributed by atoms with Crippen molar-refractivity contribution in [2.45, 2.75) is 18.1 Å². The Morgan fingerprint density at radius 1 is 1.62 bits per heavy atom. The first-order valence-corrected chi connectivity index (χ1v) is 6.65. The summed E-state index contributed by atoms with van der Waals surface area (Å²) in [6.07, 6.45) is 1.07. The van der Waals surface area contributed by atoms with Crippen LogP contribution in [0.1, 0.15) is 18.3 Å². The average Bonchev–Trinajstić information content (AvgIpc) is 2.90. The van der Waals surface area contributed by atoms with Crippen LogP contribution in [-0.2, 0) is 11.8 Å². The SMILES string of the molecule is Cn1nnnc1C1NCCOC12CCSC2. The number of nitrogens with zero attached hydrogens (tertiary/aromatic N) is 4. The maximum Gasteiger partial charge on any atom is 0.170 e. The van der Waals surface area contributed by atoms with Gasteiger partial charge in [-0.3, -0.25) is 0 Å². The lowest BCUT2D eigenvalue weighted by molar-refractivity contribution is -0.0825. The van der Waals surface area contributed by atoms with Crippen molar-refractivity contribution in [2.75, 3.05) is 24.7 Å². The lowest BCUT2D eigenvalue weighted by Crippen LogP contribution is -2.53. The number of thioether (sulfide) groups is 1. The third-order valence-electron chi connectivity index (χ3n) is 3.29. The summed E-state index contributed by atoms with van der Waals surface area (Å²) in [6.45, 7) is 1.65. The Kier molecular flexibility index (Phi) is 2.61. The fourth-order valence-corrected chi connectivity index (χ4v) is 3.81. The first-order valence-electron chi connectivity index (χ1n) is 5.49. The predicted octanol–water partition coefficient (Wildman–Crippen LogP) is -0.253. The van der Waals surface area contributed by atoms with Gasteiger partial charge in [0.15, 0.2) is 5.82 Å². The van der Waals surface area contributed by atoms with E-state index in [4.69, 9.17) is 4.74 Å². The minimum Gasteiger partial charge on any atom is -0.371 e. The molecule has 2 atom stereocenters. The van der Waals surface area contributed by atoms with E-state index in [2.05, 4.69) is 20.8 Å². The van der Waals surface area contributed by atoms with Crippen LogP contribution in [0.4, 0.5) is 0 Å². The van der Waals surface area contributed by atoms with Crippen LogP contribution in [0.3, 0.4) is 0 Å². The summed E-state index contributed by atoms with van der Waals surface area (Å²) in [7, 11) is 1.88. The molecule has 0 aromatic carbocycles. The predicted molar refractivity (Wildman–Crippen MR) is 60.2 cm³/mol. The maximum atomic E-state index is 6.03. The van der Waals surface area contributed by atoms with Crippen LogP contribution in [0.25, 0.3) is 0 Å². The van der Waals surface area contributed by atoms with Crippen molar-refractivity contribution in [3.8, 4) is 0 Å². The zero-order valence-corrected chi connectivity index (χ0v) is 10.0. The van der Waals surface area contributed by atoms with Crippen LogP contribution in [0.15, 0.2) is 0 Å². The lowest BCUT2D eigenvalue weighted by Gasteiger charge is -2.40. The standard InChI is InChI=1S/C9H15N5OS/c1-14-8(11-12-13-14)7-9(2-5-16-6-9)15-4-3-10-7/h7,10H,2-6H2,1H3. The second-order valence-corrected chi connectivity index (χ2v) is 5.37. The Balaban J connectivity index is 1.94. The number of aromatic nitrogens is 4. The molecule has 1 spiro atoms. The molecule has 7 heteroatoms. The Hall–Kier alpha value is -0.660. The molecule has 2 saturated heterocycles. The number of hydrogen-bond donors (Lipinski definition) is 1. The zero-order valence-electron chi connectivity index (χ0n) is 9.22. The molecule has 2 unspecified atom stereocenters. The van der Waals surface area contributed by atoms with Crippen molar-refractivity contribution in [3.63, 3.8) is 0 Å². The quantitative estimate of drug-likeness (QED) is 0.731. The zero-order chi connectivity index (χ0) is 11.0. The van der Waals surface area contributed by atoms with Gasteiger partial charge < -0.3 is 10.1 Å². The monoisotopic (exact) mass is 241 g/mol. The van der Waals surface area contributed by atoms with Gasteiger partial charge in [0.1, 0.15) is 5.60 Å². The van der Waals surface area contributed by atoms with Crippen LogP contribution in [0.2, 0.25) is 0 Å². The first-order chi connectivity index (χ1) is 7.82. The minimum atomic E-state index is -0.106. The largest absolute Gasteiger partial charge is 0.371 e. The second kappa shape index (κ2) is 3.97. The summed E-state index contributed by atoms with van der Waals surface area (Å²) in [5.41, 5.74) is -0.106. The highest BCUT2D eigenvalue weighted by molar-refractivity contribution is 7.99. The summed E-state index contributed by atoms with van der Waals surface area (Å²) in [5, 5.41) is 15.2. The average molecular weight is 241 g/mol. The molecule has 0 bridgehead atoms. The minimum absolute atomic E-state index is 0.106. The van der Waals surface area contributed by atoms with Gasteiger partial charge in [-0.25, -0.2) is 4.68 Å². The molecule has 6 nitrogen and oxygen atoms in total. The van der Waals surface area contributed by atoms with E-state index in [1.165, 1.54) is 0 Å². The van der Waals surface area contributed by atoms with Gasteiger partial charge in [0.2, 0.25) is 0 Å². The van der Waals surface area contributed by atoms with E-state index in [0.717, 1.165) is 36.9 Å². The number of tetrazole rings is 1. The molecule has 3 heterocycles. The molecule has 0 amide bonds. The van der Waals surface area contributed by atoms with Crippen LogP contribution < -0.4 is 5.32 Å². The van der Waals surface area contributed by atoms with Gasteiger partial charge in [0, 0.05) is 19.3 Å². The molecule has 3 rings (SSSR count). The van der Waals surface area contributed by atoms with Gasteiger partial charge in [-0.15, -0.1) is 5.10 Å². The summed E-state index contributed by atoms with van der Waals surface area (Å²) in [6, 6.07) is 0.122. The summed E-state index contributed by atoms with van der Waals surface area (Å²) < 4.78 is 7.76. The lowest BCUT2D eigenvalue weighted by atomic mass is 9.91. The number of rotatable bonds is 1. The molecule has 0 saturated carbocycles. The highest BCUT2D eigenvalue weighted by Crippen LogP contribution is 2.41. The molecule has 1 aromatic heterocycles. The Bertz CT molecular complexity index is 376. The van der Waals surface area contributed by atoms with E-state index in [1.54, 1.807) is 4.68 Å². The van der Waals surface area contributed by atoms with Crippen molar-refractivity contribution >= 4 is 11.8 Å². The van der Waals surface area contributed by atoms with E-state index in [0.29, 0.717) is 0 Å². The van der Waals surface area contributed by atoms with Crippen LogP contribution in [-0.4, -0.2) is 50.5 Å². The third-order valence-corrected chi connectivity index (χ3v) is 4.48. The Labute approximate surface area is 98.1 Å². The first kappa shape index (κ1) is 10.5. The van der Waals surface area contributed by atoms with E-state index in [9.17, 15) is 0 Å². The van der Waals surface area contributed by atoms with E-state index >= 15 is 0 Å². The molecular formula is C9H15N5OS. The van der Waals surface area contributed by atoms with Crippen LogP contribution in [0, 0.1) is 0 Å². The third kappa shape index (κ3) is 1.54. The number of aryl methyl sites for hydroxylation is 1. The van der Waals surface area contributed by atoms with E-state index in [1.807, 2.05) is 18.8 Å². The summed E-state index contributed by atoms with van der Waals surface area (Å²) in [4.78, 5) is 0. The Morgan fingerprint density at radius 2 is 2.56 bits per heavy atom. The molecule has 0 aliphatic carbocycles. The molecule has 0 radical (unpaired) electrons. The van der Waals surface area contributed by atoms with Gasteiger partial charge >= 0.3 is 0 Å².